The topological polar surface area (TPSA) is 358 Å². The zero-order chi connectivity index (χ0) is 63.6. The van der Waals surface area contributed by atoms with Crippen molar-refractivity contribution in [2.24, 2.45) is 11.7 Å². The first kappa shape index (κ1) is 77.0. The van der Waals surface area contributed by atoms with Gasteiger partial charge in [0.25, 0.3) is 11.8 Å². The van der Waals surface area contributed by atoms with Crippen LogP contribution in [0.3, 0.4) is 0 Å². The fraction of sp³-hybridized carbons (Fsp3) is 0.724. The Morgan fingerprint density at radius 3 is 1.34 bits per heavy atom. The van der Waals surface area contributed by atoms with Crippen LogP contribution in [0.15, 0.2) is 36.4 Å². The maximum atomic E-state index is 13.5. The highest BCUT2D eigenvalue weighted by atomic mass is 16.6. The van der Waals surface area contributed by atoms with Gasteiger partial charge in [-0.15, -0.1) is 0 Å². The summed E-state index contributed by atoms with van der Waals surface area (Å²) >= 11 is 0. The molecule has 1 aliphatic heterocycles. The number of rotatable bonds is 54. The van der Waals surface area contributed by atoms with E-state index in [9.17, 15) is 38.4 Å². The van der Waals surface area contributed by atoms with Crippen LogP contribution in [0.1, 0.15) is 78.7 Å². The highest BCUT2D eigenvalue weighted by Crippen LogP contribution is 2.14. The zero-order valence-corrected chi connectivity index (χ0v) is 51.6. The van der Waals surface area contributed by atoms with Crippen molar-refractivity contribution in [1.29, 1.82) is 0 Å². The summed E-state index contributed by atoms with van der Waals surface area (Å²) in [5.74, 6) is -2.51. The second-order valence-corrected chi connectivity index (χ2v) is 20.6. The Kier molecular flexibility index (Phi) is 44.1. The van der Waals surface area contributed by atoms with Gasteiger partial charge in [0, 0.05) is 50.4 Å². The molecule has 0 spiro atoms. The van der Waals surface area contributed by atoms with Crippen LogP contribution in [0.4, 0.5) is 20.1 Å². The summed E-state index contributed by atoms with van der Waals surface area (Å²) in [6, 6.07) is 3.84. The highest BCUT2D eigenvalue weighted by Gasteiger charge is 2.29. The molecule has 0 saturated carbocycles. The fourth-order valence-corrected chi connectivity index (χ4v) is 7.39. The van der Waals surface area contributed by atoms with Crippen LogP contribution < -0.4 is 37.6 Å². The maximum absolute atomic E-state index is 13.5. The lowest BCUT2D eigenvalue weighted by molar-refractivity contribution is -0.137. The third-order valence-corrected chi connectivity index (χ3v) is 11.8. The number of hydrogen-bond donors (Lipinski definition) is 7. The summed E-state index contributed by atoms with van der Waals surface area (Å²) in [6.07, 6.45) is 3.47. The second-order valence-electron chi connectivity index (χ2n) is 20.6. The lowest BCUT2D eigenvalue weighted by Crippen LogP contribution is -2.54. The number of carbonyl (C=O) groups is 8. The van der Waals surface area contributed by atoms with E-state index in [4.69, 9.17) is 67.3 Å². The molecule has 1 aliphatic rings. The van der Waals surface area contributed by atoms with Gasteiger partial charge in [-0.25, -0.2) is 14.4 Å². The fourth-order valence-electron chi connectivity index (χ4n) is 7.39. The van der Waals surface area contributed by atoms with Crippen LogP contribution in [0.25, 0.3) is 0 Å². The number of nitrogens with two attached hydrogens (primary N) is 1. The van der Waals surface area contributed by atoms with E-state index in [1.54, 1.807) is 58.9 Å². The Bertz CT molecular complexity index is 2080. The minimum absolute atomic E-state index is 0.0450. The molecule has 1 heterocycles. The molecule has 29 nitrogen and oxygen atoms in total. The summed E-state index contributed by atoms with van der Waals surface area (Å²) in [5, 5.41) is 16.0. The van der Waals surface area contributed by atoms with Gasteiger partial charge in [0.1, 0.15) is 24.3 Å². The quantitative estimate of drug-likeness (QED) is 0.0363. The number of alkyl carbamates (subject to hydrolysis) is 2. The third-order valence-electron chi connectivity index (χ3n) is 11.8. The average Bonchev–Trinajstić information content (AvgIpc) is 3.71. The van der Waals surface area contributed by atoms with Crippen LogP contribution in [0.5, 0.6) is 0 Å². The lowest BCUT2D eigenvalue weighted by atomic mass is 10.0. The number of primary amides is 1. The van der Waals surface area contributed by atoms with Crippen LogP contribution in [0, 0.1) is 5.92 Å². The molecule has 0 saturated heterocycles. The molecule has 0 radical (unpaired) electrons. The Balaban J connectivity index is 1.40. The van der Waals surface area contributed by atoms with Crippen LogP contribution in [-0.2, 0) is 92.2 Å². The monoisotopic (exact) mass is 1240 g/mol. The molecule has 8 N–H and O–H groups in total. The number of anilines is 1. The van der Waals surface area contributed by atoms with Gasteiger partial charge in [0.2, 0.25) is 17.7 Å². The third kappa shape index (κ3) is 43.2. The molecule has 496 valence electrons. The van der Waals surface area contributed by atoms with E-state index in [2.05, 4.69) is 31.9 Å². The molecule has 2 rings (SSSR count). The number of benzene rings is 1. The lowest BCUT2D eigenvalue weighted by Gasteiger charge is -2.25. The number of urea groups is 1. The van der Waals surface area contributed by atoms with E-state index < -0.39 is 47.7 Å². The molecule has 0 fully saturated rings. The van der Waals surface area contributed by atoms with E-state index in [0.29, 0.717) is 182 Å². The smallest absolute Gasteiger partial charge is 0.407 e. The molecule has 0 aliphatic carbocycles. The van der Waals surface area contributed by atoms with Crippen LogP contribution >= 0.6 is 0 Å². The Labute approximate surface area is 511 Å². The standard InChI is InChI=1S/C58H98N8O21/c1-45(2)52(65-49(67)11-7-6-8-21-66-50(68)16-17-51(66)69)54(71)64-48(10-9-18-60-55(59)72)53(70)63-47-14-12-46(13-15-47)44-86-56(73)61-19-22-75-24-26-77-28-30-79-32-34-81-36-38-83-40-42-85-43-41-84-39-37-82-35-33-80-31-29-78-27-25-76-23-20-62-57(74)87-58(3,4)5/h12-17,45,48,52H,6-11,18-44H2,1-5H3,(H,61,73)(H,62,74)(H,63,70)(H,64,71)(H,65,67)(H3,59,60,72)/t48-,52-/m0/s1. The van der Waals surface area contributed by atoms with Gasteiger partial charge in [0.15, 0.2) is 0 Å². The van der Waals surface area contributed by atoms with Crippen molar-refractivity contribution in [2.75, 3.05) is 177 Å². The number of carbonyl (C=O) groups excluding carboxylic acids is 8. The van der Waals surface area contributed by atoms with Crippen molar-refractivity contribution < 1.29 is 99.9 Å². The van der Waals surface area contributed by atoms with Gasteiger partial charge in [-0.05, 0) is 70.1 Å². The van der Waals surface area contributed by atoms with E-state index in [1.807, 2.05) is 0 Å². The number of unbranched alkanes of at least 4 members (excludes halogenated alkanes) is 2. The molecule has 1 aromatic rings. The predicted octanol–water partition coefficient (Wildman–Crippen LogP) is 2.12. The number of nitrogens with one attached hydrogen (secondary N) is 6. The molecule has 1 aromatic carbocycles. The van der Waals surface area contributed by atoms with Gasteiger partial charge in [-0.3, -0.25) is 28.9 Å². The van der Waals surface area contributed by atoms with Crippen LogP contribution in [0.2, 0.25) is 0 Å². The van der Waals surface area contributed by atoms with Crippen molar-refractivity contribution in [1.82, 2.24) is 31.5 Å². The molecular formula is C58H98N8O21. The Morgan fingerprint density at radius 1 is 0.506 bits per heavy atom. The molecule has 0 bridgehead atoms. The molecular weight excluding hydrogens is 1140 g/mol. The summed E-state index contributed by atoms with van der Waals surface area (Å²) in [5.41, 5.74) is 5.71. The number of hydrogen-bond acceptors (Lipinski definition) is 21. The van der Waals surface area contributed by atoms with Crippen molar-refractivity contribution in [3.8, 4) is 0 Å². The molecule has 29 heteroatoms. The highest BCUT2D eigenvalue weighted by molar-refractivity contribution is 6.12. The zero-order valence-electron chi connectivity index (χ0n) is 51.6. The van der Waals surface area contributed by atoms with E-state index in [1.165, 1.54) is 12.2 Å². The SMILES string of the molecule is CC(C)[C@H](NC(=O)CCCCCN1C(=O)C=CC1=O)C(=O)N[C@@H](CCCNC(N)=O)C(=O)Nc1ccc(COC(=O)NCCOCCOCCOCCOCCOCCOCCOCCOCCOCCOCCOCCNC(=O)OC(C)(C)C)cc1. The first-order valence-corrected chi connectivity index (χ1v) is 29.7. The van der Waals surface area contributed by atoms with Gasteiger partial charge in [-0.1, -0.05) is 32.4 Å². The summed E-state index contributed by atoms with van der Waals surface area (Å²) in [6.45, 7) is 19.0. The molecule has 0 unspecified atom stereocenters. The minimum Gasteiger partial charge on any atom is -0.445 e. The van der Waals surface area contributed by atoms with E-state index in [-0.39, 0.29) is 69.3 Å². The van der Waals surface area contributed by atoms with Crippen molar-refractivity contribution >= 4 is 53.4 Å². The molecule has 0 aromatic heterocycles. The first-order chi connectivity index (χ1) is 41.9. The molecule has 2 atom stereocenters. The van der Waals surface area contributed by atoms with E-state index >= 15 is 0 Å². The average molecular weight is 1240 g/mol. The Hall–Kier alpha value is -6.12. The van der Waals surface area contributed by atoms with E-state index in [0.717, 1.165) is 4.90 Å². The largest absolute Gasteiger partial charge is 0.445 e. The number of ether oxygens (including phenoxy) is 13. The van der Waals surface area contributed by atoms with Gasteiger partial charge >= 0.3 is 18.2 Å². The van der Waals surface area contributed by atoms with Crippen molar-refractivity contribution in [2.45, 2.75) is 97.4 Å². The molecule has 87 heavy (non-hydrogen) atoms. The van der Waals surface area contributed by atoms with Gasteiger partial charge in [0.05, 0.1) is 145 Å². The number of amides is 9. The maximum Gasteiger partial charge on any atom is 0.407 e. The number of imide groups is 1. The van der Waals surface area contributed by atoms with Crippen molar-refractivity contribution in [3.05, 3.63) is 42.0 Å². The predicted molar refractivity (Wildman–Crippen MR) is 316 cm³/mol. The molecule has 9 amide bonds. The van der Waals surface area contributed by atoms with Crippen molar-refractivity contribution in [3.63, 3.8) is 0 Å². The number of nitrogens with zero attached hydrogens (tertiary/aromatic N) is 1. The second kappa shape index (κ2) is 49.8. The summed E-state index contributed by atoms with van der Waals surface area (Å²) in [7, 11) is 0. The Morgan fingerprint density at radius 2 is 0.931 bits per heavy atom. The minimum atomic E-state index is -1.04. The summed E-state index contributed by atoms with van der Waals surface area (Å²) in [4.78, 5) is 99.6. The van der Waals surface area contributed by atoms with Crippen LogP contribution in [-0.4, -0.2) is 242 Å². The summed E-state index contributed by atoms with van der Waals surface area (Å²) < 4.78 is 70.8. The van der Waals surface area contributed by atoms with Gasteiger partial charge < -0.3 is 99.2 Å². The normalized spacial score (nSPS) is 12.9. The first-order valence-electron chi connectivity index (χ1n) is 29.7. The van der Waals surface area contributed by atoms with Gasteiger partial charge in [-0.2, -0.15) is 0 Å².